The standard InChI is InChI=1S/C21H20BrN3O5/c1-4-12(2)30-18-16(22)9-13(10-17(18)29-3)8-15-19(26)24-21(28)25(20(15)27)14-6-5-7-23-11-14/h5-12H,4H2,1-3H3,(H,24,26,28)/b15-8+/t12-/m1/s1. The highest BCUT2D eigenvalue weighted by atomic mass is 79.9. The van der Waals surface area contributed by atoms with Crippen LogP contribution in [0.25, 0.3) is 6.08 Å². The minimum atomic E-state index is -0.828. The molecule has 0 radical (unpaired) electrons. The molecule has 1 aromatic carbocycles. The second-order valence-electron chi connectivity index (χ2n) is 6.54. The van der Waals surface area contributed by atoms with Crippen molar-refractivity contribution in [2.75, 3.05) is 12.0 Å². The van der Waals surface area contributed by atoms with Crippen molar-refractivity contribution < 1.29 is 23.9 Å². The molecule has 1 aliphatic heterocycles. The zero-order chi connectivity index (χ0) is 21.8. The van der Waals surface area contributed by atoms with Gasteiger partial charge in [0, 0.05) is 6.20 Å². The Morgan fingerprint density at radius 3 is 2.70 bits per heavy atom. The van der Waals surface area contributed by atoms with Gasteiger partial charge in [0.15, 0.2) is 11.5 Å². The number of pyridine rings is 1. The summed E-state index contributed by atoms with van der Waals surface area (Å²) in [4.78, 5) is 42.3. The van der Waals surface area contributed by atoms with E-state index < -0.39 is 17.8 Å². The van der Waals surface area contributed by atoms with Crippen LogP contribution in [0.1, 0.15) is 25.8 Å². The Morgan fingerprint density at radius 2 is 2.07 bits per heavy atom. The topological polar surface area (TPSA) is 97.8 Å². The highest BCUT2D eigenvalue weighted by Gasteiger charge is 2.37. The van der Waals surface area contributed by atoms with Gasteiger partial charge in [0.2, 0.25) is 0 Å². The number of carbonyl (C=O) groups is 3. The molecule has 1 saturated heterocycles. The molecule has 0 aliphatic carbocycles. The van der Waals surface area contributed by atoms with E-state index in [1.54, 1.807) is 24.3 Å². The van der Waals surface area contributed by atoms with E-state index in [0.717, 1.165) is 11.3 Å². The molecule has 0 spiro atoms. The van der Waals surface area contributed by atoms with Crippen LogP contribution < -0.4 is 19.7 Å². The van der Waals surface area contributed by atoms with Gasteiger partial charge >= 0.3 is 6.03 Å². The van der Waals surface area contributed by atoms with Crippen molar-refractivity contribution in [3.8, 4) is 11.5 Å². The van der Waals surface area contributed by atoms with Crippen molar-refractivity contribution in [1.82, 2.24) is 10.3 Å². The second kappa shape index (κ2) is 9.08. The van der Waals surface area contributed by atoms with Crippen molar-refractivity contribution >= 4 is 45.5 Å². The summed E-state index contributed by atoms with van der Waals surface area (Å²) in [7, 11) is 1.50. The van der Waals surface area contributed by atoms with Gasteiger partial charge in [0.25, 0.3) is 11.8 Å². The number of amides is 4. The molecule has 1 aromatic heterocycles. The molecule has 156 valence electrons. The molecular formula is C21H20BrN3O5. The molecule has 1 aliphatic rings. The number of carbonyl (C=O) groups excluding carboxylic acids is 3. The lowest BCUT2D eigenvalue weighted by molar-refractivity contribution is -0.122. The maximum Gasteiger partial charge on any atom is 0.336 e. The Hall–Kier alpha value is -3.20. The van der Waals surface area contributed by atoms with Crippen LogP contribution in [0.3, 0.4) is 0 Å². The predicted octanol–water partition coefficient (Wildman–Crippen LogP) is 3.70. The number of anilines is 1. The molecule has 1 fully saturated rings. The number of hydrogen-bond acceptors (Lipinski definition) is 6. The summed E-state index contributed by atoms with van der Waals surface area (Å²) in [6.07, 6.45) is 5.07. The fourth-order valence-electron chi connectivity index (χ4n) is 2.77. The lowest BCUT2D eigenvalue weighted by Gasteiger charge is -2.26. The van der Waals surface area contributed by atoms with Gasteiger partial charge in [-0.15, -0.1) is 0 Å². The Bertz CT molecular complexity index is 1020. The first-order valence-corrected chi connectivity index (χ1v) is 10.0. The minimum Gasteiger partial charge on any atom is -0.493 e. The largest absolute Gasteiger partial charge is 0.493 e. The molecule has 8 nitrogen and oxygen atoms in total. The Balaban J connectivity index is 2.00. The summed E-state index contributed by atoms with van der Waals surface area (Å²) in [6.45, 7) is 3.95. The molecule has 0 saturated carbocycles. The van der Waals surface area contributed by atoms with Crippen LogP contribution in [0.15, 0.2) is 46.7 Å². The Kier molecular flexibility index (Phi) is 6.51. The normalized spacial score (nSPS) is 16.5. The number of hydrogen-bond donors (Lipinski definition) is 1. The number of nitrogens with zero attached hydrogens (tertiary/aromatic N) is 2. The van der Waals surface area contributed by atoms with E-state index in [9.17, 15) is 14.4 Å². The SMILES string of the molecule is CC[C@@H](C)Oc1c(Br)cc(/C=C2\C(=O)NC(=O)N(c3cccnc3)C2=O)cc1OC. The first-order valence-electron chi connectivity index (χ1n) is 9.21. The van der Waals surface area contributed by atoms with Crippen LogP contribution in [-0.2, 0) is 9.59 Å². The molecule has 2 heterocycles. The van der Waals surface area contributed by atoms with E-state index >= 15 is 0 Å². The van der Waals surface area contributed by atoms with Gasteiger partial charge in [-0.05, 0) is 65.2 Å². The number of barbiturate groups is 1. The second-order valence-corrected chi connectivity index (χ2v) is 7.39. The van der Waals surface area contributed by atoms with Crippen LogP contribution in [0.5, 0.6) is 11.5 Å². The maximum atomic E-state index is 12.9. The molecule has 1 atom stereocenters. The predicted molar refractivity (Wildman–Crippen MR) is 114 cm³/mol. The zero-order valence-corrected chi connectivity index (χ0v) is 18.2. The van der Waals surface area contributed by atoms with Gasteiger partial charge in [0.1, 0.15) is 5.57 Å². The number of aromatic nitrogens is 1. The van der Waals surface area contributed by atoms with Crippen molar-refractivity contribution in [3.05, 3.63) is 52.3 Å². The highest BCUT2D eigenvalue weighted by molar-refractivity contribution is 9.10. The van der Waals surface area contributed by atoms with Gasteiger partial charge < -0.3 is 9.47 Å². The van der Waals surface area contributed by atoms with E-state index in [0.29, 0.717) is 21.5 Å². The summed E-state index contributed by atoms with van der Waals surface area (Å²) < 4.78 is 11.9. The third-order valence-corrected chi connectivity index (χ3v) is 5.05. The summed E-state index contributed by atoms with van der Waals surface area (Å²) in [5.41, 5.74) is 0.590. The summed E-state index contributed by atoms with van der Waals surface area (Å²) in [5, 5.41) is 2.18. The van der Waals surface area contributed by atoms with Gasteiger partial charge in [0.05, 0.1) is 29.6 Å². The summed E-state index contributed by atoms with van der Waals surface area (Å²) in [5.74, 6) is -0.548. The number of urea groups is 1. The summed E-state index contributed by atoms with van der Waals surface area (Å²) >= 11 is 3.46. The van der Waals surface area contributed by atoms with Crippen LogP contribution in [0, 0.1) is 0 Å². The van der Waals surface area contributed by atoms with Crippen molar-refractivity contribution in [2.24, 2.45) is 0 Å². The summed E-state index contributed by atoms with van der Waals surface area (Å²) in [6, 6.07) is 5.68. The molecule has 3 rings (SSSR count). The number of benzene rings is 1. The fourth-order valence-corrected chi connectivity index (χ4v) is 3.32. The first kappa shape index (κ1) is 21.5. The molecule has 30 heavy (non-hydrogen) atoms. The first-order chi connectivity index (χ1) is 14.3. The monoisotopic (exact) mass is 473 g/mol. The van der Waals surface area contributed by atoms with Crippen molar-refractivity contribution in [2.45, 2.75) is 26.4 Å². The number of ether oxygens (including phenoxy) is 2. The molecule has 0 bridgehead atoms. The van der Waals surface area contributed by atoms with Crippen LogP contribution >= 0.6 is 15.9 Å². The van der Waals surface area contributed by atoms with Crippen molar-refractivity contribution in [1.29, 1.82) is 0 Å². The van der Waals surface area contributed by atoms with E-state index in [1.807, 2.05) is 13.8 Å². The number of methoxy groups -OCH3 is 1. The number of imide groups is 2. The van der Waals surface area contributed by atoms with Gasteiger partial charge in [-0.3, -0.25) is 19.9 Å². The van der Waals surface area contributed by atoms with Crippen molar-refractivity contribution in [3.63, 3.8) is 0 Å². The van der Waals surface area contributed by atoms with E-state index in [4.69, 9.17) is 9.47 Å². The number of nitrogens with one attached hydrogen (secondary N) is 1. The molecular weight excluding hydrogens is 454 g/mol. The third kappa shape index (κ3) is 4.35. The average Bonchev–Trinajstić information content (AvgIpc) is 2.73. The fraction of sp³-hybridized carbons (Fsp3) is 0.238. The maximum absolute atomic E-state index is 12.9. The van der Waals surface area contributed by atoms with E-state index in [1.165, 1.54) is 25.6 Å². The minimum absolute atomic E-state index is 0.0239. The van der Waals surface area contributed by atoms with E-state index in [-0.39, 0.29) is 17.4 Å². The third-order valence-electron chi connectivity index (χ3n) is 4.46. The number of rotatable bonds is 6. The number of halogens is 1. The van der Waals surface area contributed by atoms with Gasteiger partial charge in [-0.25, -0.2) is 9.69 Å². The smallest absolute Gasteiger partial charge is 0.336 e. The molecule has 0 unspecified atom stereocenters. The van der Waals surface area contributed by atoms with Crippen LogP contribution in [0.2, 0.25) is 0 Å². The van der Waals surface area contributed by atoms with Gasteiger partial charge in [-0.2, -0.15) is 0 Å². The lowest BCUT2D eigenvalue weighted by Crippen LogP contribution is -2.54. The Morgan fingerprint density at radius 1 is 1.30 bits per heavy atom. The molecule has 9 heteroatoms. The van der Waals surface area contributed by atoms with Crippen LogP contribution in [0.4, 0.5) is 10.5 Å². The Labute approximate surface area is 182 Å². The highest BCUT2D eigenvalue weighted by Crippen LogP contribution is 2.38. The quantitative estimate of drug-likeness (QED) is 0.507. The molecule has 2 aromatic rings. The zero-order valence-electron chi connectivity index (χ0n) is 16.6. The lowest BCUT2D eigenvalue weighted by atomic mass is 10.1. The molecule has 4 amide bonds. The van der Waals surface area contributed by atoms with E-state index in [2.05, 4.69) is 26.2 Å². The molecule has 1 N–H and O–H groups in total. The average molecular weight is 474 g/mol. The van der Waals surface area contributed by atoms with Crippen LogP contribution in [-0.4, -0.2) is 36.0 Å². The van der Waals surface area contributed by atoms with Gasteiger partial charge in [-0.1, -0.05) is 6.92 Å².